The lowest BCUT2D eigenvalue weighted by Gasteiger charge is -2.45. The second-order valence-electron chi connectivity index (χ2n) is 7.18. The second kappa shape index (κ2) is 7.76. The number of rotatable bonds is 1. The van der Waals surface area contributed by atoms with E-state index in [4.69, 9.17) is 5.11 Å². The van der Waals surface area contributed by atoms with Crippen LogP contribution in [-0.2, 0) is 9.59 Å². The zero-order valence-electron chi connectivity index (χ0n) is 15.3. The number of hydrogen-bond donors (Lipinski definition) is 1. The highest BCUT2D eigenvalue weighted by atomic mass is 16.4. The summed E-state index contributed by atoms with van der Waals surface area (Å²) in [6.07, 6.45) is 8.13. The van der Waals surface area contributed by atoms with Crippen molar-refractivity contribution < 1.29 is 14.7 Å². The van der Waals surface area contributed by atoms with Crippen LogP contribution in [0.3, 0.4) is 0 Å². The summed E-state index contributed by atoms with van der Waals surface area (Å²) in [6.45, 7) is 12.1. The fourth-order valence-electron chi connectivity index (χ4n) is 3.29. The first kappa shape index (κ1) is 19.4. The molecular formula is C20H30O3. The van der Waals surface area contributed by atoms with Gasteiger partial charge in [-0.3, -0.25) is 4.79 Å². The van der Waals surface area contributed by atoms with Crippen LogP contribution in [0.4, 0.5) is 0 Å². The molecule has 3 nitrogen and oxygen atoms in total. The molecule has 2 aliphatic rings. The van der Waals surface area contributed by atoms with Crippen molar-refractivity contribution >= 4 is 11.8 Å². The van der Waals surface area contributed by atoms with E-state index in [1.54, 1.807) is 19.9 Å². The molecule has 0 spiro atoms. The standard InChI is InChI=1S/C15H22O.C5H8O2/c1-10(2)13-9-15(4)11(3)6-5-7-12(15)8-14(13)16;1-3-4(2)5(6)7/h8,11H,5-7,9H2,1-4H3;3H,1-2H3,(H,6,7)/b;4-3-. The lowest BCUT2D eigenvalue weighted by molar-refractivity contribution is -0.132. The smallest absolute Gasteiger partial charge is 0.330 e. The van der Waals surface area contributed by atoms with Gasteiger partial charge in [0.2, 0.25) is 0 Å². The van der Waals surface area contributed by atoms with Crippen molar-refractivity contribution in [1.29, 1.82) is 0 Å². The van der Waals surface area contributed by atoms with Crippen LogP contribution < -0.4 is 0 Å². The zero-order valence-corrected chi connectivity index (χ0v) is 15.3. The fourth-order valence-corrected chi connectivity index (χ4v) is 3.29. The number of carbonyl (C=O) groups excluding carboxylic acids is 1. The van der Waals surface area contributed by atoms with E-state index in [1.807, 2.05) is 6.08 Å². The van der Waals surface area contributed by atoms with Crippen molar-refractivity contribution in [3.63, 3.8) is 0 Å². The molecule has 0 aromatic rings. The third-order valence-electron chi connectivity index (χ3n) is 5.43. The number of carboxylic acid groups (broad SMARTS) is 1. The third-order valence-corrected chi connectivity index (χ3v) is 5.43. The summed E-state index contributed by atoms with van der Waals surface area (Å²) in [6, 6.07) is 0. The van der Waals surface area contributed by atoms with Gasteiger partial charge >= 0.3 is 5.97 Å². The molecule has 0 amide bonds. The normalized spacial score (nSPS) is 27.5. The van der Waals surface area contributed by atoms with Gasteiger partial charge in [-0.25, -0.2) is 4.79 Å². The molecule has 2 atom stereocenters. The highest BCUT2D eigenvalue weighted by Gasteiger charge is 2.41. The Morgan fingerprint density at radius 2 is 1.96 bits per heavy atom. The molecule has 0 heterocycles. The molecule has 0 bridgehead atoms. The fraction of sp³-hybridized carbons (Fsp3) is 0.600. The summed E-state index contributed by atoms with van der Waals surface area (Å²) in [5.74, 6) is 0.124. The molecule has 2 unspecified atom stereocenters. The van der Waals surface area contributed by atoms with Crippen molar-refractivity contribution in [2.24, 2.45) is 11.3 Å². The number of allylic oxidation sites excluding steroid dienone is 5. The number of aliphatic carboxylic acids is 1. The van der Waals surface area contributed by atoms with E-state index in [2.05, 4.69) is 27.7 Å². The molecule has 1 N–H and O–H groups in total. The van der Waals surface area contributed by atoms with Gasteiger partial charge in [0.05, 0.1) is 0 Å². The average Bonchev–Trinajstić information content (AvgIpc) is 2.48. The zero-order chi connectivity index (χ0) is 17.8. The SMILES string of the molecule is C/C=C(/C)C(=O)O.CC(C)=C1CC2(C)C(=CC1=O)CCCC2C. The molecule has 0 aliphatic heterocycles. The first-order chi connectivity index (χ1) is 10.6. The molecule has 0 aromatic heterocycles. The highest BCUT2D eigenvalue weighted by molar-refractivity contribution is 6.06. The van der Waals surface area contributed by atoms with Gasteiger partial charge in [-0.05, 0) is 76.4 Å². The minimum Gasteiger partial charge on any atom is -0.478 e. The van der Waals surface area contributed by atoms with Gasteiger partial charge in [0, 0.05) is 5.57 Å². The molecule has 1 saturated carbocycles. The van der Waals surface area contributed by atoms with Crippen LogP contribution in [0.15, 0.2) is 34.4 Å². The first-order valence-corrected chi connectivity index (χ1v) is 8.41. The monoisotopic (exact) mass is 318 g/mol. The summed E-state index contributed by atoms with van der Waals surface area (Å²) < 4.78 is 0. The van der Waals surface area contributed by atoms with Gasteiger partial charge in [0.1, 0.15) is 0 Å². The Balaban J connectivity index is 0.000000322. The predicted molar refractivity (Wildman–Crippen MR) is 94.3 cm³/mol. The van der Waals surface area contributed by atoms with Crippen LogP contribution in [0.5, 0.6) is 0 Å². The maximum absolute atomic E-state index is 12.0. The summed E-state index contributed by atoms with van der Waals surface area (Å²) in [5.41, 5.74) is 4.29. The number of ketones is 1. The van der Waals surface area contributed by atoms with E-state index < -0.39 is 5.97 Å². The summed E-state index contributed by atoms with van der Waals surface area (Å²) in [5, 5.41) is 8.11. The molecule has 2 rings (SSSR count). The largest absolute Gasteiger partial charge is 0.478 e. The molecule has 1 fully saturated rings. The van der Waals surface area contributed by atoms with Crippen LogP contribution in [0.1, 0.15) is 67.2 Å². The number of fused-ring (bicyclic) bond motifs is 1. The minimum absolute atomic E-state index is 0.249. The van der Waals surface area contributed by atoms with Crippen LogP contribution in [0.25, 0.3) is 0 Å². The molecule has 128 valence electrons. The van der Waals surface area contributed by atoms with E-state index >= 15 is 0 Å². The molecular weight excluding hydrogens is 288 g/mol. The van der Waals surface area contributed by atoms with Gasteiger partial charge in [-0.2, -0.15) is 0 Å². The maximum atomic E-state index is 12.0. The Bertz CT molecular complexity index is 574. The first-order valence-electron chi connectivity index (χ1n) is 8.41. The molecule has 0 saturated heterocycles. The Hall–Kier alpha value is -1.64. The Morgan fingerprint density at radius 3 is 2.39 bits per heavy atom. The second-order valence-corrected chi connectivity index (χ2v) is 7.18. The van der Waals surface area contributed by atoms with Crippen molar-refractivity contribution in [2.75, 3.05) is 0 Å². The van der Waals surface area contributed by atoms with E-state index in [0.29, 0.717) is 11.5 Å². The van der Waals surface area contributed by atoms with Crippen LogP contribution in [-0.4, -0.2) is 16.9 Å². The maximum Gasteiger partial charge on any atom is 0.330 e. The van der Waals surface area contributed by atoms with Gasteiger partial charge in [-0.15, -0.1) is 0 Å². The van der Waals surface area contributed by atoms with Crippen LogP contribution in [0.2, 0.25) is 0 Å². The van der Waals surface area contributed by atoms with Gasteiger partial charge < -0.3 is 5.11 Å². The Kier molecular flexibility index (Phi) is 6.55. The van der Waals surface area contributed by atoms with Gasteiger partial charge in [0.15, 0.2) is 5.78 Å². The summed E-state index contributed by atoms with van der Waals surface area (Å²) >= 11 is 0. The lowest BCUT2D eigenvalue weighted by Crippen LogP contribution is -2.36. The molecule has 23 heavy (non-hydrogen) atoms. The van der Waals surface area contributed by atoms with E-state index in [0.717, 1.165) is 18.4 Å². The third kappa shape index (κ3) is 4.43. The molecule has 2 aliphatic carbocycles. The lowest BCUT2D eigenvalue weighted by atomic mass is 9.59. The van der Waals surface area contributed by atoms with Crippen LogP contribution in [0, 0.1) is 11.3 Å². The van der Waals surface area contributed by atoms with Gasteiger partial charge in [-0.1, -0.05) is 31.1 Å². The van der Waals surface area contributed by atoms with Crippen molar-refractivity contribution in [3.05, 3.63) is 34.4 Å². The van der Waals surface area contributed by atoms with E-state index in [-0.39, 0.29) is 11.2 Å². The quantitative estimate of drug-likeness (QED) is 0.685. The van der Waals surface area contributed by atoms with Crippen LogP contribution >= 0.6 is 0 Å². The number of carbonyl (C=O) groups is 2. The molecule has 3 heteroatoms. The number of hydrogen-bond acceptors (Lipinski definition) is 2. The highest BCUT2D eigenvalue weighted by Crippen LogP contribution is 2.51. The van der Waals surface area contributed by atoms with Crippen molar-refractivity contribution in [3.8, 4) is 0 Å². The predicted octanol–water partition coefficient (Wildman–Crippen LogP) is 5.09. The molecule has 0 aromatic carbocycles. The van der Waals surface area contributed by atoms with Gasteiger partial charge in [0.25, 0.3) is 0 Å². The Morgan fingerprint density at radius 1 is 1.35 bits per heavy atom. The average molecular weight is 318 g/mol. The summed E-state index contributed by atoms with van der Waals surface area (Å²) in [7, 11) is 0. The summed E-state index contributed by atoms with van der Waals surface area (Å²) in [4.78, 5) is 21.9. The Labute approximate surface area is 140 Å². The van der Waals surface area contributed by atoms with Crippen molar-refractivity contribution in [2.45, 2.75) is 67.2 Å². The molecule has 0 radical (unpaired) electrons. The van der Waals surface area contributed by atoms with Crippen molar-refractivity contribution in [1.82, 2.24) is 0 Å². The van der Waals surface area contributed by atoms with E-state index in [1.165, 1.54) is 24.0 Å². The number of carboxylic acids is 1. The topological polar surface area (TPSA) is 54.4 Å². The minimum atomic E-state index is -0.845. The van der Waals surface area contributed by atoms with E-state index in [9.17, 15) is 9.59 Å².